The van der Waals surface area contributed by atoms with Gasteiger partial charge in [-0.25, -0.2) is 0 Å². The highest BCUT2D eigenvalue weighted by Gasteiger charge is 2.65. The summed E-state index contributed by atoms with van der Waals surface area (Å²) in [5.41, 5.74) is 1.25. The van der Waals surface area contributed by atoms with E-state index in [-0.39, 0.29) is 22.7 Å². The predicted octanol–water partition coefficient (Wildman–Crippen LogP) is 5.31. The number of fused-ring (bicyclic) bond motifs is 3. The fourth-order valence-electron chi connectivity index (χ4n) is 6.54. The zero-order valence-corrected chi connectivity index (χ0v) is 18.7. The molecule has 3 atom stereocenters. The van der Waals surface area contributed by atoms with E-state index in [2.05, 4.69) is 41.2 Å². The van der Waals surface area contributed by atoms with Gasteiger partial charge in [0, 0.05) is 28.0 Å². The Morgan fingerprint density at radius 3 is 2.00 bits per heavy atom. The summed E-state index contributed by atoms with van der Waals surface area (Å²) in [7, 11) is 5.04. The first kappa shape index (κ1) is 21.0. The Morgan fingerprint density at radius 2 is 1.54 bits per heavy atom. The standard InChI is InChI=1S/C24H36O4/c1-10-24(25)17-16(23(6)13-11-12-22(4,5)21(23)24)20(28-9)19(27-8)15(14(2)3)18(17)26-7/h10,14,21,25H,1,11-13H2,2-9H3/t21-,23-,24?/m1/s1. The van der Waals surface area contributed by atoms with E-state index < -0.39 is 5.60 Å². The van der Waals surface area contributed by atoms with E-state index in [0.29, 0.717) is 11.5 Å². The Morgan fingerprint density at radius 1 is 0.964 bits per heavy atom. The lowest BCUT2D eigenvalue weighted by atomic mass is 9.54. The third kappa shape index (κ3) is 2.46. The molecule has 0 radical (unpaired) electrons. The van der Waals surface area contributed by atoms with Crippen molar-refractivity contribution in [2.45, 2.75) is 70.8 Å². The third-order valence-corrected chi connectivity index (χ3v) is 7.25. The molecular weight excluding hydrogens is 352 g/mol. The number of ether oxygens (including phenoxy) is 3. The number of rotatable bonds is 5. The van der Waals surface area contributed by atoms with Crippen molar-refractivity contribution in [3.8, 4) is 17.2 Å². The molecule has 1 unspecified atom stereocenters. The summed E-state index contributed by atoms with van der Waals surface area (Å²) in [5.74, 6) is 2.26. The fourth-order valence-corrected chi connectivity index (χ4v) is 6.54. The average Bonchev–Trinajstić information content (AvgIpc) is 2.85. The zero-order valence-electron chi connectivity index (χ0n) is 18.7. The lowest BCUT2D eigenvalue weighted by Gasteiger charge is -2.51. The van der Waals surface area contributed by atoms with Gasteiger partial charge in [0.15, 0.2) is 11.5 Å². The molecular formula is C24H36O4. The highest BCUT2D eigenvalue weighted by molar-refractivity contribution is 5.71. The van der Waals surface area contributed by atoms with Crippen LogP contribution in [0.5, 0.6) is 17.2 Å². The van der Waals surface area contributed by atoms with Gasteiger partial charge in [0.1, 0.15) is 11.4 Å². The third-order valence-electron chi connectivity index (χ3n) is 7.25. The van der Waals surface area contributed by atoms with Crippen LogP contribution in [-0.2, 0) is 11.0 Å². The van der Waals surface area contributed by atoms with Crippen LogP contribution in [0.3, 0.4) is 0 Å². The van der Waals surface area contributed by atoms with Crippen LogP contribution in [0.25, 0.3) is 0 Å². The quantitative estimate of drug-likeness (QED) is 0.695. The van der Waals surface area contributed by atoms with Crippen molar-refractivity contribution in [3.05, 3.63) is 29.3 Å². The van der Waals surface area contributed by atoms with Gasteiger partial charge in [-0.2, -0.15) is 0 Å². The van der Waals surface area contributed by atoms with Gasteiger partial charge in [-0.15, -0.1) is 0 Å². The molecule has 0 saturated heterocycles. The van der Waals surface area contributed by atoms with Gasteiger partial charge in [-0.3, -0.25) is 0 Å². The van der Waals surface area contributed by atoms with E-state index >= 15 is 0 Å². The minimum Gasteiger partial charge on any atom is -0.496 e. The topological polar surface area (TPSA) is 47.9 Å². The van der Waals surface area contributed by atoms with Crippen LogP contribution in [0.15, 0.2) is 12.7 Å². The molecule has 1 saturated carbocycles. The number of aliphatic hydroxyl groups is 1. The summed E-state index contributed by atoms with van der Waals surface area (Å²) in [6.45, 7) is 15.1. The van der Waals surface area contributed by atoms with Gasteiger partial charge >= 0.3 is 0 Å². The van der Waals surface area contributed by atoms with Gasteiger partial charge in [-0.1, -0.05) is 53.7 Å². The van der Waals surface area contributed by atoms with Crippen molar-refractivity contribution in [2.75, 3.05) is 21.3 Å². The van der Waals surface area contributed by atoms with Crippen LogP contribution in [0.1, 0.15) is 76.5 Å². The van der Waals surface area contributed by atoms with Crippen LogP contribution in [0.4, 0.5) is 0 Å². The molecule has 1 aromatic rings. The average molecular weight is 389 g/mol. The van der Waals surface area contributed by atoms with E-state index in [0.717, 1.165) is 41.7 Å². The largest absolute Gasteiger partial charge is 0.496 e. The van der Waals surface area contributed by atoms with E-state index in [1.54, 1.807) is 27.4 Å². The number of benzene rings is 1. The van der Waals surface area contributed by atoms with Crippen LogP contribution in [0, 0.1) is 11.3 Å². The molecule has 0 aliphatic heterocycles. The molecule has 0 heterocycles. The first-order valence-corrected chi connectivity index (χ1v) is 10.3. The summed E-state index contributed by atoms with van der Waals surface area (Å²) in [6, 6.07) is 0. The first-order valence-electron chi connectivity index (χ1n) is 10.3. The maximum absolute atomic E-state index is 12.2. The molecule has 1 fully saturated rings. The minimum atomic E-state index is -1.19. The van der Waals surface area contributed by atoms with Gasteiger partial charge in [0.2, 0.25) is 0 Å². The lowest BCUT2D eigenvalue weighted by Crippen LogP contribution is -2.50. The number of methoxy groups -OCH3 is 3. The molecule has 1 N–H and O–H groups in total. The molecule has 28 heavy (non-hydrogen) atoms. The van der Waals surface area contributed by atoms with E-state index in [9.17, 15) is 5.11 Å². The summed E-state index contributed by atoms with van der Waals surface area (Å²) >= 11 is 0. The number of hydrogen-bond donors (Lipinski definition) is 1. The summed E-state index contributed by atoms with van der Waals surface area (Å²) < 4.78 is 17.8. The molecule has 156 valence electrons. The molecule has 4 heteroatoms. The van der Waals surface area contributed by atoms with Crippen molar-refractivity contribution < 1.29 is 19.3 Å². The van der Waals surface area contributed by atoms with Crippen molar-refractivity contribution in [1.82, 2.24) is 0 Å². The summed E-state index contributed by atoms with van der Waals surface area (Å²) in [4.78, 5) is 0. The lowest BCUT2D eigenvalue weighted by molar-refractivity contribution is -0.0773. The second kappa shape index (κ2) is 6.69. The smallest absolute Gasteiger partial charge is 0.168 e. The van der Waals surface area contributed by atoms with Gasteiger partial charge in [0.25, 0.3) is 0 Å². The Labute approximate surface area is 169 Å². The normalized spacial score (nSPS) is 30.6. The summed E-state index contributed by atoms with van der Waals surface area (Å²) in [5, 5.41) is 12.2. The molecule has 0 aromatic heterocycles. The molecule has 4 nitrogen and oxygen atoms in total. The van der Waals surface area contributed by atoms with Crippen molar-refractivity contribution in [3.63, 3.8) is 0 Å². The van der Waals surface area contributed by atoms with E-state index in [1.807, 2.05) is 0 Å². The highest BCUT2D eigenvalue weighted by Crippen LogP contribution is 2.70. The second-order valence-corrected chi connectivity index (χ2v) is 9.64. The number of hydrogen-bond acceptors (Lipinski definition) is 4. The molecule has 2 aliphatic carbocycles. The Kier molecular flexibility index (Phi) is 5.03. The minimum absolute atomic E-state index is 0.0244. The maximum atomic E-state index is 12.2. The van der Waals surface area contributed by atoms with Crippen LogP contribution in [0.2, 0.25) is 0 Å². The van der Waals surface area contributed by atoms with Gasteiger partial charge < -0.3 is 19.3 Å². The second-order valence-electron chi connectivity index (χ2n) is 9.64. The van der Waals surface area contributed by atoms with Crippen LogP contribution < -0.4 is 14.2 Å². The molecule has 2 aliphatic rings. The van der Waals surface area contributed by atoms with Crippen molar-refractivity contribution in [2.24, 2.45) is 11.3 Å². The van der Waals surface area contributed by atoms with Crippen LogP contribution in [-0.4, -0.2) is 26.4 Å². The first-order chi connectivity index (χ1) is 13.0. The van der Waals surface area contributed by atoms with Gasteiger partial charge in [0.05, 0.1) is 21.3 Å². The van der Waals surface area contributed by atoms with Crippen LogP contribution >= 0.6 is 0 Å². The molecule has 0 bridgehead atoms. The highest BCUT2D eigenvalue weighted by atomic mass is 16.5. The molecule has 3 rings (SSSR count). The predicted molar refractivity (Wildman–Crippen MR) is 113 cm³/mol. The Bertz CT molecular complexity index is 795. The molecule has 1 aromatic carbocycles. The fraction of sp³-hybridized carbons (Fsp3) is 0.667. The molecule has 0 spiro atoms. The monoisotopic (exact) mass is 388 g/mol. The van der Waals surface area contributed by atoms with Crippen molar-refractivity contribution in [1.29, 1.82) is 0 Å². The Balaban J connectivity index is 2.55. The SMILES string of the molecule is C=CC1(O)c2c(OC)c(C(C)C)c(OC)c(OC)c2[C@@]2(C)CCCC(C)(C)[C@@H]12. The molecule has 0 amide bonds. The van der Waals surface area contributed by atoms with E-state index in [1.165, 1.54) is 0 Å². The summed E-state index contributed by atoms with van der Waals surface area (Å²) in [6.07, 6.45) is 4.86. The van der Waals surface area contributed by atoms with E-state index in [4.69, 9.17) is 14.2 Å². The van der Waals surface area contributed by atoms with Crippen molar-refractivity contribution >= 4 is 0 Å². The zero-order chi connectivity index (χ0) is 21.1. The Hall–Kier alpha value is -1.68. The van der Waals surface area contributed by atoms with Gasteiger partial charge in [-0.05, 0) is 24.2 Å². The maximum Gasteiger partial charge on any atom is 0.168 e.